The van der Waals surface area contributed by atoms with E-state index in [1.54, 1.807) is 18.7 Å². The van der Waals surface area contributed by atoms with Gasteiger partial charge in [0.25, 0.3) is 0 Å². The molecule has 0 spiro atoms. The summed E-state index contributed by atoms with van der Waals surface area (Å²) in [4.78, 5) is 17.7. The Labute approximate surface area is 209 Å². The third-order valence-electron chi connectivity index (χ3n) is 5.64. The smallest absolute Gasteiger partial charge is 0.227 e. The lowest BCUT2D eigenvalue weighted by atomic mass is 10.1. The van der Waals surface area contributed by atoms with E-state index in [9.17, 15) is 0 Å². The van der Waals surface area contributed by atoms with E-state index in [0.29, 0.717) is 44.8 Å². The third kappa shape index (κ3) is 6.05. The normalized spacial score (nSPS) is 14.6. The number of benzene rings is 1. The predicted octanol–water partition coefficient (Wildman–Crippen LogP) is 4.72. The van der Waals surface area contributed by atoms with Crippen LogP contribution in [0, 0.1) is 6.92 Å². The summed E-state index contributed by atoms with van der Waals surface area (Å²) < 4.78 is 19.8. The van der Waals surface area contributed by atoms with Crippen LogP contribution in [0.5, 0.6) is 11.6 Å². The average molecular weight is 485 g/mol. The number of nitrogens with one attached hydrogen (secondary N) is 1. The van der Waals surface area contributed by atoms with E-state index in [2.05, 4.69) is 20.3 Å². The molecule has 9 nitrogen and oxygen atoms in total. The number of rotatable bonds is 4. The number of imidazole rings is 1. The zero-order chi connectivity index (χ0) is 24.6. The van der Waals surface area contributed by atoms with Crippen molar-refractivity contribution in [2.75, 3.05) is 25.1 Å². The number of pyridine rings is 1. The maximum absolute atomic E-state index is 6.08. The van der Waals surface area contributed by atoms with Crippen LogP contribution in [0.1, 0.15) is 17.5 Å². The number of ether oxygens (including phenoxy) is 3. The highest BCUT2D eigenvalue weighted by Crippen LogP contribution is 2.28. The largest absolute Gasteiger partial charge is 0.491 e. The number of fused-ring (bicyclic) bond motifs is 7. The Balaban J connectivity index is 1.41. The molecule has 1 aliphatic rings. The van der Waals surface area contributed by atoms with E-state index in [1.807, 2.05) is 66.4 Å². The minimum Gasteiger partial charge on any atom is -0.491 e. The molecule has 0 fully saturated rings. The van der Waals surface area contributed by atoms with E-state index in [1.165, 1.54) is 0 Å². The number of hydrogen-bond acceptors (Lipinski definition) is 8. The molecule has 1 aromatic carbocycles. The first kappa shape index (κ1) is 23.5. The maximum Gasteiger partial charge on any atom is 0.227 e. The van der Waals surface area contributed by atoms with Gasteiger partial charge in [0.15, 0.2) is 0 Å². The Morgan fingerprint density at radius 1 is 1.11 bits per heavy atom. The van der Waals surface area contributed by atoms with Gasteiger partial charge < -0.3 is 24.1 Å². The van der Waals surface area contributed by atoms with Crippen LogP contribution in [-0.2, 0) is 17.9 Å². The van der Waals surface area contributed by atoms with Crippen molar-refractivity contribution in [3.8, 4) is 22.9 Å². The van der Waals surface area contributed by atoms with Crippen LogP contribution in [0.25, 0.3) is 11.3 Å². The molecular weight excluding hydrogens is 456 g/mol. The van der Waals surface area contributed by atoms with Crippen LogP contribution < -0.4 is 14.8 Å². The molecule has 9 heteroatoms. The van der Waals surface area contributed by atoms with Gasteiger partial charge >= 0.3 is 0 Å². The molecular formula is C27H28N6O3. The summed E-state index contributed by atoms with van der Waals surface area (Å²) in [5.74, 6) is 1.85. The summed E-state index contributed by atoms with van der Waals surface area (Å²) in [5, 5.41) is 3.32. The molecule has 0 aliphatic carbocycles. The zero-order valence-electron chi connectivity index (χ0n) is 20.1. The molecule has 1 aliphatic heterocycles. The second-order valence-corrected chi connectivity index (χ2v) is 8.33. The summed E-state index contributed by atoms with van der Waals surface area (Å²) in [6, 6.07) is 9.75. The van der Waals surface area contributed by atoms with Crippen LogP contribution in [0.2, 0.25) is 0 Å². The number of nitrogens with zero attached hydrogens (tertiary/aromatic N) is 5. The van der Waals surface area contributed by atoms with E-state index in [4.69, 9.17) is 19.2 Å². The molecule has 0 atom stereocenters. The Morgan fingerprint density at radius 3 is 3.00 bits per heavy atom. The Hall–Kier alpha value is -4.24. The number of aromatic nitrogens is 5. The minimum absolute atomic E-state index is 0.408. The lowest BCUT2D eigenvalue weighted by Crippen LogP contribution is -2.08. The van der Waals surface area contributed by atoms with Crippen molar-refractivity contribution in [3.63, 3.8) is 0 Å². The summed E-state index contributed by atoms with van der Waals surface area (Å²) in [5.41, 5.74) is 4.50. The van der Waals surface area contributed by atoms with Gasteiger partial charge in [0.1, 0.15) is 12.4 Å². The summed E-state index contributed by atoms with van der Waals surface area (Å²) in [6.45, 7) is 4.65. The Morgan fingerprint density at radius 2 is 2.08 bits per heavy atom. The highest BCUT2D eigenvalue weighted by molar-refractivity contribution is 5.66. The molecule has 6 bridgehead atoms. The number of hydrogen-bond donors (Lipinski definition) is 1. The number of aryl methyl sites for hydroxylation is 1. The van der Waals surface area contributed by atoms with E-state index < -0.39 is 0 Å². The lowest BCUT2D eigenvalue weighted by Gasteiger charge is -2.15. The van der Waals surface area contributed by atoms with Gasteiger partial charge in [-0.1, -0.05) is 12.2 Å². The van der Waals surface area contributed by atoms with Gasteiger partial charge in [-0.15, -0.1) is 0 Å². The lowest BCUT2D eigenvalue weighted by molar-refractivity contribution is 0.144. The summed E-state index contributed by atoms with van der Waals surface area (Å²) in [7, 11) is 0. The fourth-order valence-electron chi connectivity index (χ4n) is 3.80. The van der Waals surface area contributed by atoms with Crippen molar-refractivity contribution in [1.82, 2.24) is 24.5 Å². The van der Waals surface area contributed by atoms with Gasteiger partial charge in [0.05, 0.1) is 38.4 Å². The second kappa shape index (κ2) is 11.5. The van der Waals surface area contributed by atoms with E-state index in [0.717, 1.165) is 40.2 Å². The van der Waals surface area contributed by atoms with E-state index in [-0.39, 0.29) is 0 Å². The molecule has 36 heavy (non-hydrogen) atoms. The van der Waals surface area contributed by atoms with Crippen molar-refractivity contribution in [2.45, 2.75) is 26.5 Å². The first-order valence-corrected chi connectivity index (χ1v) is 11.9. The quantitative estimate of drug-likeness (QED) is 0.416. The van der Waals surface area contributed by atoms with Crippen LogP contribution in [0.4, 0.5) is 11.6 Å². The molecule has 4 heterocycles. The van der Waals surface area contributed by atoms with Gasteiger partial charge in [-0.25, -0.2) is 19.9 Å². The fourth-order valence-corrected chi connectivity index (χ4v) is 3.80. The predicted molar refractivity (Wildman–Crippen MR) is 136 cm³/mol. The van der Waals surface area contributed by atoms with Crippen LogP contribution >= 0.6 is 0 Å². The summed E-state index contributed by atoms with van der Waals surface area (Å²) >= 11 is 0. The van der Waals surface area contributed by atoms with Gasteiger partial charge in [-0.05, 0) is 43.2 Å². The van der Waals surface area contributed by atoms with Crippen LogP contribution in [-0.4, -0.2) is 44.3 Å². The minimum atomic E-state index is 0.408. The van der Waals surface area contributed by atoms with Gasteiger partial charge in [0.2, 0.25) is 11.8 Å². The monoisotopic (exact) mass is 484 g/mol. The van der Waals surface area contributed by atoms with Crippen molar-refractivity contribution in [2.24, 2.45) is 0 Å². The topological polar surface area (TPSA) is 96.2 Å². The molecule has 0 saturated carbocycles. The summed E-state index contributed by atoms with van der Waals surface area (Å²) in [6.07, 6.45) is 13.8. The van der Waals surface area contributed by atoms with Crippen LogP contribution in [0.15, 0.2) is 73.6 Å². The van der Waals surface area contributed by atoms with Gasteiger partial charge in [-0.2, -0.15) is 0 Å². The van der Waals surface area contributed by atoms with Crippen molar-refractivity contribution in [1.29, 1.82) is 0 Å². The maximum atomic E-state index is 6.08. The molecule has 4 aromatic rings. The highest BCUT2D eigenvalue weighted by atomic mass is 16.5. The van der Waals surface area contributed by atoms with E-state index >= 15 is 0 Å². The first-order chi connectivity index (χ1) is 17.7. The standard InChI is InChI=1S/C27H28N6O3/c1-20-17-30-27-31-23-5-6-24(35-14-11-33-10-9-28-19-33)22(15-23)18-34-12-3-2-4-13-36-25-16-21(7-8-29-25)26(20)32-27/h2-3,5-10,15-17,19H,4,11-14,18H2,1H3,(H,30,31,32)/b3-2+. The second-order valence-electron chi connectivity index (χ2n) is 8.33. The first-order valence-electron chi connectivity index (χ1n) is 11.9. The zero-order valence-corrected chi connectivity index (χ0v) is 20.1. The van der Waals surface area contributed by atoms with Crippen molar-refractivity contribution >= 4 is 11.6 Å². The molecule has 184 valence electrons. The SMILES string of the molecule is Cc1cnc2nc1-c1ccnc(c1)OCC/C=C/COCc1cc(ccc1OCCn1ccnc1)N2. The average Bonchev–Trinajstić information content (AvgIpc) is 3.41. The van der Waals surface area contributed by atoms with Gasteiger partial charge in [-0.3, -0.25) is 0 Å². The van der Waals surface area contributed by atoms with Crippen molar-refractivity contribution in [3.05, 3.63) is 84.7 Å². The van der Waals surface area contributed by atoms with Gasteiger partial charge in [0, 0.05) is 47.7 Å². The Kier molecular flexibility index (Phi) is 7.48. The van der Waals surface area contributed by atoms with Crippen molar-refractivity contribution < 1.29 is 14.2 Å². The Bertz CT molecular complexity index is 1320. The molecule has 1 N–H and O–H groups in total. The molecule has 0 amide bonds. The molecule has 0 unspecified atom stereocenters. The third-order valence-corrected chi connectivity index (χ3v) is 5.64. The molecule has 3 aromatic heterocycles. The number of anilines is 2. The van der Waals surface area contributed by atoms with Crippen LogP contribution in [0.3, 0.4) is 0 Å². The molecule has 0 saturated heterocycles. The molecule has 5 rings (SSSR count). The fraction of sp³-hybridized carbons (Fsp3) is 0.259. The highest BCUT2D eigenvalue weighted by Gasteiger charge is 2.11. The molecule has 0 radical (unpaired) electrons.